The molecule has 1 amide bonds. The summed E-state index contributed by atoms with van der Waals surface area (Å²) in [6.07, 6.45) is 0. The minimum absolute atomic E-state index is 0.226. The Kier molecular flexibility index (Phi) is 5.73. The summed E-state index contributed by atoms with van der Waals surface area (Å²) >= 11 is 0. The standard InChI is InChI=1S/C17H16FNO5/c1-22-14-8-7-11(9-15(14)23-2)19-16(20)10-24-17(21)12-5-3-4-6-13(12)18/h3-9H,10H2,1-2H3,(H,19,20). The highest BCUT2D eigenvalue weighted by molar-refractivity contribution is 5.95. The first-order valence-electron chi connectivity index (χ1n) is 6.98. The molecule has 0 aromatic heterocycles. The zero-order valence-electron chi connectivity index (χ0n) is 13.2. The maximum atomic E-state index is 13.4. The molecule has 0 saturated heterocycles. The molecule has 7 heteroatoms. The molecule has 0 fully saturated rings. The van der Waals surface area contributed by atoms with Crippen LogP contribution < -0.4 is 14.8 Å². The van der Waals surface area contributed by atoms with Crippen molar-refractivity contribution in [3.8, 4) is 11.5 Å². The van der Waals surface area contributed by atoms with Crippen LogP contribution in [0.15, 0.2) is 42.5 Å². The first-order chi connectivity index (χ1) is 11.5. The third-order valence-corrected chi connectivity index (χ3v) is 3.10. The van der Waals surface area contributed by atoms with E-state index in [0.29, 0.717) is 17.2 Å². The van der Waals surface area contributed by atoms with E-state index in [9.17, 15) is 14.0 Å². The molecule has 0 heterocycles. The summed E-state index contributed by atoms with van der Waals surface area (Å²) in [5.74, 6) is -1.22. The Morgan fingerprint density at radius 2 is 1.75 bits per heavy atom. The summed E-state index contributed by atoms with van der Waals surface area (Å²) in [6.45, 7) is -0.540. The molecule has 0 atom stereocenters. The zero-order chi connectivity index (χ0) is 17.5. The summed E-state index contributed by atoms with van der Waals surface area (Å²) in [5, 5.41) is 2.54. The minimum atomic E-state index is -0.907. The van der Waals surface area contributed by atoms with Crippen molar-refractivity contribution >= 4 is 17.6 Å². The van der Waals surface area contributed by atoms with Crippen molar-refractivity contribution < 1.29 is 28.2 Å². The summed E-state index contributed by atoms with van der Waals surface area (Å²) in [5.41, 5.74) is 0.219. The number of amides is 1. The van der Waals surface area contributed by atoms with E-state index in [-0.39, 0.29) is 5.56 Å². The molecular formula is C17H16FNO5. The van der Waals surface area contributed by atoms with Gasteiger partial charge < -0.3 is 19.5 Å². The van der Waals surface area contributed by atoms with Crippen LogP contribution in [-0.2, 0) is 9.53 Å². The molecule has 6 nitrogen and oxygen atoms in total. The van der Waals surface area contributed by atoms with Crippen LogP contribution >= 0.6 is 0 Å². The van der Waals surface area contributed by atoms with Gasteiger partial charge in [0.15, 0.2) is 18.1 Å². The number of carbonyl (C=O) groups excluding carboxylic acids is 2. The minimum Gasteiger partial charge on any atom is -0.493 e. The highest BCUT2D eigenvalue weighted by Gasteiger charge is 2.14. The normalized spacial score (nSPS) is 9.96. The van der Waals surface area contributed by atoms with Gasteiger partial charge in [0, 0.05) is 11.8 Å². The van der Waals surface area contributed by atoms with E-state index in [2.05, 4.69) is 5.32 Å². The zero-order valence-corrected chi connectivity index (χ0v) is 13.2. The van der Waals surface area contributed by atoms with E-state index in [1.165, 1.54) is 32.4 Å². The molecule has 0 aliphatic heterocycles. The number of rotatable bonds is 6. The van der Waals surface area contributed by atoms with Crippen molar-refractivity contribution in [2.75, 3.05) is 26.1 Å². The van der Waals surface area contributed by atoms with E-state index in [4.69, 9.17) is 14.2 Å². The molecule has 0 aliphatic rings. The van der Waals surface area contributed by atoms with Gasteiger partial charge in [0.05, 0.1) is 19.8 Å². The Labute approximate surface area is 138 Å². The van der Waals surface area contributed by atoms with Gasteiger partial charge in [-0.25, -0.2) is 9.18 Å². The molecule has 2 aromatic carbocycles. The predicted octanol–water partition coefficient (Wildman–Crippen LogP) is 2.64. The molecule has 2 aromatic rings. The average molecular weight is 333 g/mol. The number of nitrogens with one attached hydrogen (secondary N) is 1. The van der Waals surface area contributed by atoms with Gasteiger partial charge in [-0.3, -0.25) is 4.79 Å². The molecule has 0 radical (unpaired) electrons. The second kappa shape index (κ2) is 7.96. The number of methoxy groups -OCH3 is 2. The second-order valence-electron chi connectivity index (χ2n) is 4.67. The second-order valence-corrected chi connectivity index (χ2v) is 4.67. The molecule has 0 spiro atoms. The van der Waals surface area contributed by atoms with Crippen LogP contribution in [0.5, 0.6) is 11.5 Å². The lowest BCUT2D eigenvalue weighted by Crippen LogP contribution is -2.21. The lowest BCUT2D eigenvalue weighted by Gasteiger charge is -2.11. The van der Waals surface area contributed by atoms with Crippen LogP contribution in [0.2, 0.25) is 0 Å². The molecule has 24 heavy (non-hydrogen) atoms. The fraction of sp³-hybridized carbons (Fsp3) is 0.176. The maximum absolute atomic E-state index is 13.4. The molecule has 0 saturated carbocycles. The number of hydrogen-bond donors (Lipinski definition) is 1. The van der Waals surface area contributed by atoms with Crippen LogP contribution in [0, 0.1) is 5.82 Å². The fourth-order valence-corrected chi connectivity index (χ4v) is 1.95. The highest BCUT2D eigenvalue weighted by atomic mass is 19.1. The number of ether oxygens (including phenoxy) is 3. The number of hydrogen-bond acceptors (Lipinski definition) is 5. The van der Waals surface area contributed by atoms with Crippen molar-refractivity contribution in [2.45, 2.75) is 0 Å². The lowest BCUT2D eigenvalue weighted by molar-refractivity contribution is -0.119. The van der Waals surface area contributed by atoms with E-state index >= 15 is 0 Å². The number of esters is 1. The predicted molar refractivity (Wildman–Crippen MR) is 84.9 cm³/mol. The van der Waals surface area contributed by atoms with Crippen molar-refractivity contribution in [3.05, 3.63) is 53.8 Å². The van der Waals surface area contributed by atoms with Gasteiger partial charge in [-0.1, -0.05) is 12.1 Å². The summed E-state index contributed by atoms with van der Waals surface area (Å²) in [6, 6.07) is 10.2. The first kappa shape index (κ1) is 17.3. The summed E-state index contributed by atoms with van der Waals surface area (Å²) in [7, 11) is 2.97. The third-order valence-electron chi connectivity index (χ3n) is 3.10. The smallest absolute Gasteiger partial charge is 0.341 e. The number of anilines is 1. The fourth-order valence-electron chi connectivity index (χ4n) is 1.95. The molecule has 126 valence electrons. The highest BCUT2D eigenvalue weighted by Crippen LogP contribution is 2.29. The van der Waals surface area contributed by atoms with Crippen molar-refractivity contribution in [1.82, 2.24) is 0 Å². The molecule has 1 N–H and O–H groups in total. The Morgan fingerprint density at radius 1 is 1.04 bits per heavy atom. The van der Waals surface area contributed by atoms with Crippen molar-refractivity contribution in [3.63, 3.8) is 0 Å². The van der Waals surface area contributed by atoms with Gasteiger partial charge in [-0.2, -0.15) is 0 Å². The quantitative estimate of drug-likeness (QED) is 0.823. The monoisotopic (exact) mass is 333 g/mol. The largest absolute Gasteiger partial charge is 0.493 e. The van der Waals surface area contributed by atoms with E-state index in [1.807, 2.05) is 0 Å². The van der Waals surface area contributed by atoms with Gasteiger partial charge in [-0.05, 0) is 24.3 Å². The SMILES string of the molecule is COc1ccc(NC(=O)COC(=O)c2ccccc2F)cc1OC. The lowest BCUT2D eigenvalue weighted by atomic mass is 10.2. The number of halogens is 1. The van der Waals surface area contributed by atoms with Gasteiger partial charge in [0.1, 0.15) is 5.82 Å². The average Bonchev–Trinajstić information content (AvgIpc) is 2.60. The van der Waals surface area contributed by atoms with E-state index in [0.717, 1.165) is 6.07 Å². The first-order valence-corrected chi connectivity index (χ1v) is 6.98. The summed E-state index contributed by atoms with van der Waals surface area (Å²) < 4.78 is 28.5. The van der Waals surface area contributed by atoms with Crippen LogP contribution in [0.25, 0.3) is 0 Å². The molecule has 0 bridgehead atoms. The van der Waals surface area contributed by atoms with Gasteiger partial charge >= 0.3 is 5.97 Å². The third kappa shape index (κ3) is 4.22. The molecule has 0 unspecified atom stereocenters. The number of carbonyl (C=O) groups is 2. The van der Waals surface area contributed by atoms with E-state index in [1.54, 1.807) is 18.2 Å². The van der Waals surface area contributed by atoms with Crippen LogP contribution in [-0.4, -0.2) is 32.7 Å². The molecule has 2 rings (SSSR count). The topological polar surface area (TPSA) is 73.9 Å². The van der Waals surface area contributed by atoms with Crippen LogP contribution in [0.4, 0.5) is 10.1 Å². The Morgan fingerprint density at radius 3 is 2.42 bits per heavy atom. The Hall–Kier alpha value is -3.09. The summed E-state index contributed by atoms with van der Waals surface area (Å²) in [4.78, 5) is 23.6. The molecular weight excluding hydrogens is 317 g/mol. The Bertz CT molecular complexity index is 748. The molecule has 0 aliphatic carbocycles. The number of benzene rings is 2. The van der Waals surface area contributed by atoms with Crippen molar-refractivity contribution in [1.29, 1.82) is 0 Å². The maximum Gasteiger partial charge on any atom is 0.341 e. The van der Waals surface area contributed by atoms with Crippen LogP contribution in [0.3, 0.4) is 0 Å². The Balaban J connectivity index is 1.94. The van der Waals surface area contributed by atoms with Crippen molar-refractivity contribution in [2.24, 2.45) is 0 Å². The van der Waals surface area contributed by atoms with Crippen LogP contribution in [0.1, 0.15) is 10.4 Å². The van der Waals surface area contributed by atoms with Gasteiger partial charge in [0.2, 0.25) is 0 Å². The van der Waals surface area contributed by atoms with Gasteiger partial charge in [-0.15, -0.1) is 0 Å². The van der Waals surface area contributed by atoms with E-state index < -0.39 is 24.3 Å². The van der Waals surface area contributed by atoms with Gasteiger partial charge in [0.25, 0.3) is 5.91 Å².